The van der Waals surface area contributed by atoms with E-state index in [-0.39, 0.29) is 30.4 Å². The number of carbonyl (C=O) groups excluding carboxylic acids is 3. The van der Waals surface area contributed by atoms with Crippen LogP contribution >= 0.6 is 11.8 Å². The summed E-state index contributed by atoms with van der Waals surface area (Å²) in [5, 5.41) is 10.2. The molecule has 0 aromatic rings. The fourth-order valence-corrected chi connectivity index (χ4v) is 8.67. The number of hydrogen-bond donors (Lipinski definition) is 1. The van der Waals surface area contributed by atoms with Gasteiger partial charge < -0.3 is 19.6 Å². The summed E-state index contributed by atoms with van der Waals surface area (Å²) in [6.45, 7) is 8.68. The van der Waals surface area contributed by atoms with Crippen LogP contribution in [0.4, 0.5) is 0 Å². The van der Waals surface area contributed by atoms with E-state index < -0.39 is 33.4 Å². The molecule has 0 aromatic heterocycles. The maximum Gasteiger partial charge on any atom is 0.311 e. The number of aliphatic hydroxyl groups excluding tert-OH is 1. The third-order valence-corrected chi connectivity index (χ3v) is 10.1. The Morgan fingerprint density at radius 1 is 1.14 bits per heavy atom. The fourth-order valence-electron chi connectivity index (χ4n) is 6.53. The topological polar surface area (TPSA) is 87.2 Å². The molecule has 4 aliphatic rings. The number of ether oxygens (including phenoxy) is 1. The molecule has 4 heterocycles. The minimum absolute atomic E-state index is 0.0325. The average molecular weight is 505 g/mol. The minimum Gasteiger partial charge on any atom is -0.465 e. The number of amides is 2. The number of hydrogen-bond acceptors (Lipinski definition) is 6. The molecule has 4 rings (SSSR count). The second-order valence-electron chi connectivity index (χ2n) is 10.6. The monoisotopic (exact) mass is 504 g/mol. The molecule has 194 valence electrons. The molecule has 2 amide bonds. The van der Waals surface area contributed by atoms with Crippen molar-refractivity contribution in [3.63, 3.8) is 0 Å². The van der Waals surface area contributed by atoms with Crippen LogP contribution < -0.4 is 0 Å². The molecule has 0 bridgehead atoms. The van der Waals surface area contributed by atoms with Crippen molar-refractivity contribution in [2.45, 2.75) is 93.8 Å². The van der Waals surface area contributed by atoms with Gasteiger partial charge in [-0.15, -0.1) is 11.8 Å². The molecule has 7 nitrogen and oxygen atoms in total. The van der Waals surface area contributed by atoms with Crippen LogP contribution in [0.3, 0.4) is 0 Å². The fraction of sp³-hybridized carbons (Fsp3) is 0.741. The first kappa shape index (κ1) is 26.3. The number of carbonyl (C=O) groups is 3. The molecule has 0 aromatic carbocycles. The molecular formula is C27H40N2O5S. The Kier molecular flexibility index (Phi) is 7.72. The predicted octanol–water partition coefficient (Wildman–Crippen LogP) is 3.32. The van der Waals surface area contributed by atoms with Gasteiger partial charge in [0.2, 0.25) is 11.8 Å². The van der Waals surface area contributed by atoms with Crippen molar-refractivity contribution in [1.29, 1.82) is 0 Å². The van der Waals surface area contributed by atoms with Crippen LogP contribution in [0.25, 0.3) is 0 Å². The van der Waals surface area contributed by atoms with Gasteiger partial charge in [0.15, 0.2) is 0 Å². The van der Waals surface area contributed by atoms with E-state index in [0.29, 0.717) is 19.6 Å². The van der Waals surface area contributed by atoms with Gasteiger partial charge in [-0.25, -0.2) is 0 Å². The Balaban J connectivity index is 1.87. The number of fused-ring (bicyclic) bond motifs is 2. The van der Waals surface area contributed by atoms with Crippen LogP contribution in [0.1, 0.15) is 66.2 Å². The molecule has 0 saturated carbocycles. The quantitative estimate of drug-likeness (QED) is 0.441. The van der Waals surface area contributed by atoms with E-state index in [9.17, 15) is 19.5 Å². The van der Waals surface area contributed by atoms with Crippen LogP contribution in [0.5, 0.6) is 0 Å². The molecule has 35 heavy (non-hydrogen) atoms. The molecule has 0 radical (unpaired) electrons. The number of rotatable bonds is 6. The maximum absolute atomic E-state index is 14.3. The highest BCUT2D eigenvalue weighted by molar-refractivity contribution is 8.02. The first-order valence-corrected chi connectivity index (χ1v) is 14.0. The predicted molar refractivity (Wildman–Crippen MR) is 137 cm³/mol. The maximum atomic E-state index is 14.3. The number of esters is 1. The van der Waals surface area contributed by atoms with Crippen LogP contribution in [0, 0.1) is 11.8 Å². The number of likely N-dealkylation sites (tertiary alicyclic amines) is 1. The summed E-state index contributed by atoms with van der Waals surface area (Å²) in [4.78, 5) is 45.5. The number of allylic oxidation sites excluding steroid dienone is 1. The van der Waals surface area contributed by atoms with Gasteiger partial charge in [-0.1, -0.05) is 44.6 Å². The van der Waals surface area contributed by atoms with Gasteiger partial charge in [-0.3, -0.25) is 14.4 Å². The first-order valence-electron chi connectivity index (χ1n) is 13.2. The zero-order chi connectivity index (χ0) is 25.4. The number of cyclic esters (lactones) is 1. The van der Waals surface area contributed by atoms with Crippen LogP contribution in [0.2, 0.25) is 0 Å². The van der Waals surface area contributed by atoms with E-state index in [1.54, 1.807) is 16.7 Å². The smallest absolute Gasteiger partial charge is 0.311 e. The van der Waals surface area contributed by atoms with Gasteiger partial charge in [0, 0.05) is 17.3 Å². The standard InChI is InChI=1S/C27H40N2O5S/c1-5-12-18(3)28-15-11-14-27-20(23(31)29(19(6-2)17-30)22(27)24(28)32)21-25(33)34-16-10-8-7-9-13-26(21,4)35-27/h9,11,13-14,18-22,30H,5-8,10,12,15-17H2,1-4H3/b13-9-/t18?,19-,20-,21+,22?,26-,27-/m0/s1. The van der Waals surface area contributed by atoms with E-state index in [2.05, 4.69) is 26.0 Å². The Bertz CT molecular complexity index is 902. The first-order chi connectivity index (χ1) is 16.8. The van der Waals surface area contributed by atoms with Crippen molar-refractivity contribution in [3.8, 4) is 0 Å². The van der Waals surface area contributed by atoms with E-state index in [1.807, 2.05) is 30.9 Å². The highest BCUT2D eigenvalue weighted by atomic mass is 32.2. The van der Waals surface area contributed by atoms with Gasteiger partial charge in [0.05, 0.1) is 35.8 Å². The van der Waals surface area contributed by atoms with Crippen molar-refractivity contribution >= 4 is 29.5 Å². The number of thioether (sulfide) groups is 1. The van der Waals surface area contributed by atoms with E-state index in [0.717, 1.165) is 32.1 Å². The molecule has 0 aliphatic carbocycles. The second kappa shape index (κ2) is 10.3. The summed E-state index contributed by atoms with van der Waals surface area (Å²) in [5.74, 6) is -2.09. The van der Waals surface area contributed by atoms with Gasteiger partial charge in [-0.2, -0.15) is 0 Å². The van der Waals surface area contributed by atoms with Gasteiger partial charge in [0.25, 0.3) is 0 Å². The Labute approximate surface area is 213 Å². The SMILES string of the molecule is CCCC(C)N1CC=C[C@]23S[C@@]4(C)/C=C\CCCCOC(=O)[C@H]4[C@H]2C(=O)N([C@@H](CC)CO)C3C1=O. The minimum atomic E-state index is -0.895. The zero-order valence-corrected chi connectivity index (χ0v) is 22.3. The summed E-state index contributed by atoms with van der Waals surface area (Å²) in [6.07, 6.45) is 13.2. The molecule has 4 aliphatic heterocycles. The van der Waals surface area contributed by atoms with Crippen molar-refractivity contribution in [1.82, 2.24) is 9.80 Å². The van der Waals surface area contributed by atoms with E-state index >= 15 is 0 Å². The van der Waals surface area contributed by atoms with E-state index in [1.165, 1.54) is 0 Å². The average Bonchev–Trinajstić information content (AvgIpc) is 3.15. The van der Waals surface area contributed by atoms with Gasteiger partial charge in [-0.05, 0) is 46.0 Å². The van der Waals surface area contributed by atoms with Crippen LogP contribution in [-0.4, -0.2) is 80.1 Å². The Morgan fingerprint density at radius 3 is 2.60 bits per heavy atom. The van der Waals surface area contributed by atoms with Crippen molar-refractivity contribution in [2.24, 2.45) is 11.8 Å². The molecule has 8 heteroatoms. The molecule has 1 N–H and O–H groups in total. The third-order valence-electron chi connectivity index (χ3n) is 8.28. The van der Waals surface area contributed by atoms with Crippen molar-refractivity contribution in [3.05, 3.63) is 24.3 Å². The lowest BCUT2D eigenvalue weighted by atomic mass is 9.74. The molecular weight excluding hydrogens is 464 g/mol. The Hall–Kier alpha value is -1.80. The molecule has 2 fully saturated rings. The highest BCUT2D eigenvalue weighted by Gasteiger charge is 2.74. The highest BCUT2D eigenvalue weighted by Crippen LogP contribution is 2.65. The molecule has 2 saturated heterocycles. The van der Waals surface area contributed by atoms with Crippen LogP contribution in [-0.2, 0) is 19.1 Å². The van der Waals surface area contributed by atoms with Gasteiger partial charge in [0.1, 0.15) is 6.04 Å². The van der Waals surface area contributed by atoms with Crippen molar-refractivity contribution < 1.29 is 24.2 Å². The number of aliphatic hydroxyl groups is 1. The van der Waals surface area contributed by atoms with Crippen molar-refractivity contribution in [2.75, 3.05) is 19.8 Å². The lowest BCUT2D eigenvalue weighted by Gasteiger charge is -2.40. The normalized spacial score (nSPS) is 37.7. The third kappa shape index (κ3) is 4.24. The zero-order valence-electron chi connectivity index (χ0n) is 21.4. The lowest BCUT2D eigenvalue weighted by Crippen LogP contribution is -2.57. The summed E-state index contributed by atoms with van der Waals surface area (Å²) < 4.78 is 4.14. The second-order valence-corrected chi connectivity index (χ2v) is 12.4. The summed E-state index contributed by atoms with van der Waals surface area (Å²) in [5.41, 5.74) is 0. The Morgan fingerprint density at radius 2 is 1.91 bits per heavy atom. The molecule has 1 spiro atoms. The molecule has 7 atom stereocenters. The largest absolute Gasteiger partial charge is 0.465 e. The summed E-state index contributed by atoms with van der Waals surface area (Å²) in [7, 11) is 0. The number of nitrogens with zero attached hydrogens (tertiary/aromatic N) is 2. The van der Waals surface area contributed by atoms with Crippen LogP contribution in [0.15, 0.2) is 24.3 Å². The van der Waals surface area contributed by atoms with Gasteiger partial charge >= 0.3 is 5.97 Å². The van der Waals surface area contributed by atoms with E-state index in [4.69, 9.17) is 4.74 Å². The lowest BCUT2D eigenvalue weighted by molar-refractivity contribution is -0.155. The summed E-state index contributed by atoms with van der Waals surface area (Å²) in [6, 6.07) is -1.22. The summed E-state index contributed by atoms with van der Waals surface area (Å²) >= 11 is 1.57. The molecule has 2 unspecified atom stereocenters.